The first kappa shape index (κ1) is 12.0. The van der Waals surface area contributed by atoms with Gasteiger partial charge in [-0.3, -0.25) is 5.32 Å². The molecule has 2 rings (SSSR count). The normalized spacial score (nSPS) is 10.4. The molecular formula is C11H8F2N2O3. The molecular weight excluding hydrogens is 246 g/mol. The van der Waals surface area contributed by atoms with Gasteiger partial charge in [-0.15, -0.1) is 0 Å². The predicted molar refractivity (Wildman–Crippen MR) is 58.2 cm³/mol. The predicted octanol–water partition coefficient (Wildman–Crippen LogP) is 3.02. The molecule has 18 heavy (non-hydrogen) atoms. The van der Waals surface area contributed by atoms with Gasteiger partial charge in [0.25, 0.3) is 0 Å². The molecule has 5 nitrogen and oxygen atoms in total. The Hall–Kier alpha value is -2.44. The van der Waals surface area contributed by atoms with Crippen molar-refractivity contribution in [2.24, 2.45) is 0 Å². The summed E-state index contributed by atoms with van der Waals surface area (Å²) in [5.74, 6) is -1.69. The van der Waals surface area contributed by atoms with E-state index in [1.54, 1.807) is 0 Å². The second kappa shape index (κ2) is 4.44. The van der Waals surface area contributed by atoms with Crippen LogP contribution in [-0.4, -0.2) is 16.4 Å². The minimum Gasteiger partial charge on any atom is -0.465 e. The standard InChI is InChI=1S/C11H8F2N2O3/c1-5-9(14-11(16)17)10(18-15-5)7-3-2-6(12)4-8(7)13/h2-4,14H,1H3,(H,16,17). The van der Waals surface area contributed by atoms with E-state index in [9.17, 15) is 13.6 Å². The number of carbonyl (C=O) groups is 1. The number of nitrogens with one attached hydrogen (secondary N) is 1. The molecule has 1 heterocycles. The molecule has 0 saturated heterocycles. The fourth-order valence-corrected chi connectivity index (χ4v) is 1.48. The van der Waals surface area contributed by atoms with Crippen LogP contribution in [0.4, 0.5) is 19.3 Å². The number of hydrogen-bond donors (Lipinski definition) is 2. The monoisotopic (exact) mass is 254 g/mol. The second-order valence-corrected chi connectivity index (χ2v) is 3.53. The molecule has 1 aromatic carbocycles. The lowest BCUT2D eigenvalue weighted by molar-refractivity contribution is 0.209. The first-order valence-electron chi connectivity index (χ1n) is 4.90. The van der Waals surface area contributed by atoms with E-state index < -0.39 is 17.7 Å². The third kappa shape index (κ3) is 2.15. The fraction of sp³-hybridized carbons (Fsp3) is 0.0909. The van der Waals surface area contributed by atoms with Crippen LogP contribution >= 0.6 is 0 Å². The van der Waals surface area contributed by atoms with Gasteiger partial charge in [-0.25, -0.2) is 13.6 Å². The number of anilines is 1. The SMILES string of the molecule is Cc1noc(-c2ccc(F)cc2F)c1NC(=O)O. The van der Waals surface area contributed by atoms with E-state index in [0.29, 0.717) is 6.07 Å². The van der Waals surface area contributed by atoms with Crippen LogP contribution in [0.25, 0.3) is 11.3 Å². The van der Waals surface area contributed by atoms with E-state index in [-0.39, 0.29) is 22.7 Å². The molecule has 0 atom stereocenters. The maximum Gasteiger partial charge on any atom is 0.409 e. The fourth-order valence-electron chi connectivity index (χ4n) is 1.48. The van der Waals surface area contributed by atoms with Crippen molar-refractivity contribution < 1.29 is 23.2 Å². The van der Waals surface area contributed by atoms with Crippen LogP contribution < -0.4 is 5.32 Å². The van der Waals surface area contributed by atoms with Crippen molar-refractivity contribution in [3.8, 4) is 11.3 Å². The Morgan fingerprint density at radius 1 is 1.44 bits per heavy atom. The minimum absolute atomic E-state index is 0.0352. The largest absolute Gasteiger partial charge is 0.465 e. The lowest BCUT2D eigenvalue weighted by atomic mass is 10.1. The summed E-state index contributed by atoms with van der Waals surface area (Å²) in [6.07, 6.45) is -1.33. The van der Waals surface area contributed by atoms with Crippen molar-refractivity contribution in [3.63, 3.8) is 0 Å². The summed E-state index contributed by atoms with van der Waals surface area (Å²) in [7, 11) is 0. The highest BCUT2D eigenvalue weighted by molar-refractivity contribution is 5.89. The molecule has 0 unspecified atom stereocenters. The summed E-state index contributed by atoms with van der Waals surface area (Å²) >= 11 is 0. The van der Waals surface area contributed by atoms with Gasteiger partial charge >= 0.3 is 6.09 Å². The van der Waals surface area contributed by atoms with Crippen molar-refractivity contribution in [3.05, 3.63) is 35.5 Å². The maximum atomic E-state index is 13.6. The van der Waals surface area contributed by atoms with E-state index in [1.165, 1.54) is 6.92 Å². The quantitative estimate of drug-likeness (QED) is 0.863. The zero-order valence-electron chi connectivity index (χ0n) is 9.20. The van der Waals surface area contributed by atoms with Crippen molar-refractivity contribution in [1.29, 1.82) is 0 Å². The molecule has 1 aromatic heterocycles. The van der Waals surface area contributed by atoms with Crippen molar-refractivity contribution in [2.75, 3.05) is 5.32 Å². The van der Waals surface area contributed by atoms with Gasteiger partial charge in [0.1, 0.15) is 23.0 Å². The van der Waals surface area contributed by atoms with Gasteiger partial charge in [-0.2, -0.15) is 0 Å². The van der Waals surface area contributed by atoms with Gasteiger partial charge in [0.15, 0.2) is 5.76 Å². The van der Waals surface area contributed by atoms with Gasteiger partial charge < -0.3 is 9.63 Å². The average Bonchev–Trinajstić information content (AvgIpc) is 2.60. The number of benzene rings is 1. The highest BCUT2D eigenvalue weighted by Crippen LogP contribution is 2.32. The molecule has 2 aromatic rings. The summed E-state index contributed by atoms with van der Waals surface area (Å²) in [6.45, 7) is 1.50. The van der Waals surface area contributed by atoms with E-state index in [1.807, 2.05) is 0 Å². The van der Waals surface area contributed by atoms with Crippen LogP contribution in [0, 0.1) is 18.6 Å². The second-order valence-electron chi connectivity index (χ2n) is 3.53. The number of halogens is 2. The maximum absolute atomic E-state index is 13.6. The van der Waals surface area contributed by atoms with Gasteiger partial charge in [0.2, 0.25) is 0 Å². The number of rotatable bonds is 2. The van der Waals surface area contributed by atoms with Crippen LogP contribution in [-0.2, 0) is 0 Å². The van der Waals surface area contributed by atoms with Crippen molar-refractivity contribution in [1.82, 2.24) is 5.16 Å². The van der Waals surface area contributed by atoms with Gasteiger partial charge in [-0.05, 0) is 19.1 Å². The van der Waals surface area contributed by atoms with Crippen LogP contribution in [0.5, 0.6) is 0 Å². The highest BCUT2D eigenvalue weighted by atomic mass is 19.1. The first-order valence-corrected chi connectivity index (χ1v) is 4.90. The summed E-state index contributed by atoms with van der Waals surface area (Å²) in [4.78, 5) is 10.6. The molecule has 2 N–H and O–H groups in total. The Morgan fingerprint density at radius 3 is 2.78 bits per heavy atom. The van der Waals surface area contributed by atoms with Crippen molar-refractivity contribution in [2.45, 2.75) is 6.92 Å². The lowest BCUT2D eigenvalue weighted by Gasteiger charge is -2.03. The Bertz CT molecular complexity index is 610. The average molecular weight is 254 g/mol. The molecule has 0 radical (unpaired) electrons. The Kier molecular flexibility index (Phi) is 2.97. The van der Waals surface area contributed by atoms with Crippen LogP contribution in [0.1, 0.15) is 5.69 Å². The number of nitrogens with zero attached hydrogens (tertiary/aromatic N) is 1. The number of amides is 1. The third-order valence-corrected chi connectivity index (χ3v) is 2.27. The summed E-state index contributed by atoms with van der Waals surface area (Å²) in [5.41, 5.74) is 0.227. The molecule has 0 aliphatic rings. The zero-order chi connectivity index (χ0) is 13.3. The summed E-state index contributed by atoms with van der Waals surface area (Å²) in [5, 5.41) is 14.3. The minimum atomic E-state index is -1.33. The summed E-state index contributed by atoms with van der Waals surface area (Å²) < 4.78 is 31.2. The van der Waals surface area contributed by atoms with Crippen LogP contribution in [0.2, 0.25) is 0 Å². The van der Waals surface area contributed by atoms with Crippen LogP contribution in [0.3, 0.4) is 0 Å². The molecule has 94 valence electrons. The molecule has 0 bridgehead atoms. The summed E-state index contributed by atoms with van der Waals surface area (Å²) in [6, 6.07) is 2.87. The zero-order valence-corrected chi connectivity index (χ0v) is 9.20. The molecule has 0 fully saturated rings. The van der Waals surface area contributed by atoms with Crippen molar-refractivity contribution >= 4 is 11.8 Å². The Balaban J connectivity index is 2.53. The topological polar surface area (TPSA) is 75.4 Å². The van der Waals surface area contributed by atoms with Gasteiger partial charge in [0, 0.05) is 6.07 Å². The molecule has 0 saturated carbocycles. The number of aromatic nitrogens is 1. The van der Waals surface area contributed by atoms with Gasteiger partial charge in [0.05, 0.1) is 5.56 Å². The molecule has 1 amide bonds. The third-order valence-electron chi connectivity index (χ3n) is 2.27. The van der Waals surface area contributed by atoms with Gasteiger partial charge in [-0.1, -0.05) is 5.16 Å². The van der Waals surface area contributed by atoms with E-state index >= 15 is 0 Å². The van der Waals surface area contributed by atoms with E-state index in [0.717, 1.165) is 12.1 Å². The van der Waals surface area contributed by atoms with Crippen LogP contribution in [0.15, 0.2) is 22.7 Å². The number of carboxylic acid groups (broad SMARTS) is 1. The number of hydrogen-bond acceptors (Lipinski definition) is 3. The molecule has 0 aliphatic carbocycles. The highest BCUT2D eigenvalue weighted by Gasteiger charge is 2.20. The van der Waals surface area contributed by atoms with E-state index in [4.69, 9.17) is 9.63 Å². The molecule has 7 heteroatoms. The lowest BCUT2D eigenvalue weighted by Crippen LogP contribution is -2.08. The number of aryl methyl sites for hydroxylation is 1. The first-order chi connectivity index (χ1) is 8.49. The smallest absolute Gasteiger partial charge is 0.409 e. The Labute approximate surface area is 100 Å². The molecule has 0 spiro atoms. The Morgan fingerprint density at radius 2 is 2.17 bits per heavy atom. The molecule has 0 aliphatic heterocycles. The van der Waals surface area contributed by atoms with E-state index in [2.05, 4.69) is 10.5 Å².